The molecule has 0 radical (unpaired) electrons. The van der Waals surface area contributed by atoms with Crippen LogP contribution in [0.15, 0.2) is 12.1 Å². The Balaban J connectivity index is 2.58. The smallest absolute Gasteiger partial charge is 0.142 e. The zero-order valence-corrected chi connectivity index (χ0v) is 13.9. The molecule has 1 rings (SSSR count). The van der Waals surface area contributed by atoms with Crippen molar-refractivity contribution in [3.8, 4) is 5.75 Å². The number of ether oxygens (including phenoxy) is 2. The van der Waals surface area contributed by atoms with E-state index in [-0.39, 0.29) is 6.10 Å². The van der Waals surface area contributed by atoms with Crippen LogP contribution in [0.3, 0.4) is 0 Å². The molecular weight excluding hydrogens is 297 g/mol. The molecule has 114 valence electrons. The molecule has 0 aliphatic rings. The summed E-state index contributed by atoms with van der Waals surface area (Å²) in [5, 5.41) is 4.53. The molecular formula is C15H23Cl2NO2. The van der Waals surface area contributed by atoms with E-state index in [9.17, 15) is 0 Å². The highest BCUT2D eigenvalue weighted by atomic mass is 35.5. The Morgan fingerprint density at radius 3 is 2.65 bits per heavy atom. The summed E-state index contributed by atoms with van der Waals surface area (Å²) in [6.45, 7) is 9.04. The molecule has 0 aliphatic heterocycles. The topological polar surface area (TPSA) is 30.5 Å². The molecule has 0 aliphatic carbocycles. The van der Waals surface area contributed by atoms with Gasteiger partial charge in [-0.25, -0.2) is 0 Å². The molecule has 0 saturated carbocycles. The Labute approximate surface area is 131 Å². The van der Waals surface area contributed by atoms with Crippen LogP contribution in [0, 0.1) is 0 Å². The number of rotatable bonds is 9. The lowest BCUT2D eigenvalue weighted by Crippen LogP contribution is -2.18. The number of hydrogen-bond donors (Lipinski definition) is 1. The molecule has 0 bridgehead atoms. The molecule has 0 amide bonds. The summed E-state index contributed by atoms with van der Waals surface area (Å²) in [4.78, 5) is 0. The van der Waals surface area contributed by atoms with E-state index in [4.69, 9.17) is 32.7 Å². The molecule has 5 heteroatoms. The third-order valence-corrected chi connectivity index (χ3v) is 3.10. The van der Waals surface area contributed by atoms with Crippen LogP contribution in [0.5, 0.6) is 5.75 Å². The molecule has 0 spiro atoms. The van der Waals surface area contributed by atoms with Crippen LogP contribution in [0.2, 0.25) is 10.0 Å². The van der Waals surface area contributed by atoms with Gasteiger partial charge in [0, 0.05) is 30.3 Å². The largest absolute Gasteiger partial charge is 0.489 e. The van der Waals surface area contributed by atoms with Gasteiger partial charge in [-0.1, -0.05) is 23.2 Å². The first-order valence-corrected chi connectivity index (χ1v) is 7.73. The van der Waals surface area contributed by atoms with Crippen molar-refractivity contribution in [1.82, 2.24) is 5.32 Å². The fraction of sp³-hybridized carbons (Fsp3) is 0.600. The van der Waals surface area contributed by atoms with E-state index in [2.05, 4.69) is 5.32 Å². The van der Waals surface area contributed by atoms with Crippen molar-refractivity contribution >= 4 is 23.2 Å². The summed E-state index contributed by atoms with van der Waals surface area (Å²) >= 11 is 12.3. The zero-order valence-electron chi connectivity index (χ0n) is 12.3. The van der Waals surface area contributed by atoms with E-state index in [0.29, 0.717) is 22.3 Å². The maximum Gasteiger partial charge on any atom is 0.142 e. The second kappa shape index (κ2) is 9.46. The lowest BCUT2D eigenvalue weighted by molar-refractivity contribution is 0.144. The van der Waals surface area contributed by atoms with Crippen LogP contribution in [0.4, 0.5) is 0 Å². The Kier molecular flexibility index (Phi) is 8.31. The third-order valence-electron chi connectivity index (χ3n) is 2.60. The van der Waals surface area contributed by atoms with E-state index in [1.807, 2.05) is 26.8 Å². The highest BCUT2D eigenvalue weighted by Crippen LogP contribution is 2.33. The zero-order chi connectivity index (χ0) is 15.0. The summed E-state index contributed by atoms with van der Waals surface area (Å²) in [5.41, 5.74) is 0.979. The third kappa shape index (κ3) is 6.31. The summed E-state index contributed by atoms with van der Waals surface area (Å²) in [6.07, 6.45) is 1.05. The first-order chi connectivity index (χ1) is 9.54. The highest BCUT2D eigenvalue weighted by Gasteiger charge is 2.12. The monoisotopic (exact) mass is 319 g/mol. The molecule has 0 atom stereocenters. The van der Waals surface area contributed by atoms with Gasteiger partial charge in [0.2, 0.25) is 0 Å². The van der Waals surface area contributed by atoms with Gasteiger partial charge in [0.05, 0.1) is 11.1 Å². The lowest BCUT2D eigenvalue weighted by Gasteiger charge is -2.17. The second-order valence-corrected chi connectivity index (χ2v) is 5.61. The predicted molar refractivity (Wildman–Crippen MR) is 85.0 cm³/mol. The van der Waals surface area contributed by atoms with Gasteiger partial charge in [-0.05, 0) is 45.9 Å². The Morgan fingerprint density at radius 2 is 2.00 bits per heavy atom. The van der Waals surface area contributed by atoms with Crippen LogP contribution < -0.4 is 10.1 Å². The summed E-state index contributed by atoms with van der Waals surface area (Å²) in [5.74, 6) is 0.711. The minimum absolute atomic E-state index is 0.0744. The van der Waals surface area contributed by atoms with Gasteiger partial charge in [-0.15, -0.1) is 0 Å². The average Bonchev–Trinajstić information content (AvgIpc) is 2.37. The van der Waals surface area contributed by atoms with Crippen LogP contribution in [-0.4, -0.2) is 25.9 Å². The van der Waals surface area contributed by atoms with Gasteiger partial charge >= 0.3 is 0 Å². The molecule has 0 saturated heterocycles. The van der Waals surface area contributed by atoms with E-state index in [1.165, 1.54) is 0 Å². The normalized spacial score (nSPS) is 11.1. The van der Waals surface area contributed by atoms with Crippen molar-refractivity contribution in [2.75, 3.05) is 19.8 Å². The molecule has 1 N–H and O–H groups in total. The maximum atomic E-state index is 6.20. The minimum atomic E-state index is 0.0744. The molecule has 1 aromatic carbocycles. The van der Waals surface area contributed by atoms with Gasteiger partial charge in [-0.3, -0.25) is 0 Å². The summed E-state index contributed by atoms with van der Waals surface area (Å²) in [7, 11) is 0. The van der Waals surface area contributed by atoms with E-state index >= 15 is 0 Å². The van der Waals surface area contributed by atoms with Crippen molar-refractivity contribution in [2.45, 2.75) is 39.8 Å². The Morgan fingerprint density at radius 1 is 1.25 bits per heavy atom. The van der Waals surface area contributed by atoms with Gasteiger partial charge in [0.15, 0.2) is 0 Å². The van der Waals surface area contributed by atoms with Crippen molar-refractivity contribution in [3.05, 3.63) is 27.7 Å². The first kappa shape index (κ1) is 17.6. The number of nitrogens with one attached hydrogen (secondary N) is 1. The van der Waals surface area contributed by atoms with Crippen LogP contribution >= 0.6 is 23.2 Å². The lowest BCUT2D eigenvalue weighted by atomic mass is 10.2. The van der Waals surface area contributed by atoms with Gasteiger partial charge in [0.1, 0.15) is 5.75 Å². The summed E-state index contributed by atoms with van der Waals surface area (Å²) in [6, 6.07) is 3.60. The molecule has 0 aromatic heterocycles. The van der Waals surface area contributed by atoms with E-state index in [1.54, 1.807) is 6.07 Å². The van der Waals surface area contributed by atoms with Crippen molar-refractivity contribution in [1.29, 1.82) is 0 Å². The van der Waals surface area contributed by atoms with Crippen molar-refractivity contribution in [3.63, 3.8) is 0 Å². The second-order valence-electron chi connectivity index (χ2n) is 4.77. The Hall–Kier alpha value is -0.480. The average molecular weight is 320 g/mol. The predicted octanol–water partition coefficient (Wildman–Crippen LogP) is 4.30. The van der Waals surface area contributed by atoms with Gasteiger partial charge in [-0.2, -0.15) is 0 Å². The number of hydrogen-bond acceptors (Lipinski definition) is 3. The number of halogens is 2. The number of benzene rings is 1. The highest BCUT2D eigenvalue weighted by molar-refractivity contribution is 6.35. The van der Waals surface area contributed by atoms with E-state index in [0.717, 1.165) is 31.7 Å². The minimum Gasteiger partial charge on any atom is -0.489 e. The van der Waals surface area contributed by atoms with Gasteiger partial charge < -0.3 is 14.8 Å². The van der Waals surface area contributed by atoms with Crippen molar-refractivity contribution in [2.24, 2.45) is 0 Å². The standard InChI is InChI=1S/C15H23Cl2NO2/c1-4-19-7-5-6-18-10-12-8-13(16)9-14(17)15(12)20-11(2)3/h8-9,11,18H,4-7,10H2,1-3H3. The van der Waals surface area contributed by atoms with Crippen LogP contribution in [0.1, 0.15) is 32.8 Å². The quantitative estimate of drug-likeness (QED) is 0.688. The fourth-order valence-corrected chi connectivity index (χ4v) is 2.36. The summed E-state index contributed by atoms with van der Waals surface area (Å²) < 4.78 is 11.1. The Bertz CT molecular complexity index is 411. The maximum absolute atomic E-state index is 6.20. The molecule has 0 heterocycles. The molecule has 20 heavy (non-hydrogen) atoms. The molecule has 3 nitrogen and oxygen atoms in total. The van der Waals surface area contributed by atoms with Crippen LogP contribution in [-0.2, 0) is 11.3 Å². The van der Waals surface area contributed by atoms with Gasteiger partial charge in [0.25, 0.3) is 0 Å². The van der Waals surface area contributed by atoms with E-state index < -0.39 is 0 Å². The fourth-order valence-electron chi connectivity index (χ4n) is 1.78. The van der Waals surface area contributed by atoms with Crippen molar-refractivity contribution < 1.29 is 9.47 Å². The molecule has 0 fully saturated rings. The molecule has 0 unspecified atom stereocenters. The van der Waals surface area contributed by atoms with Crippen LogP contribution in [0.25, 0.3) is 0 Å². The SMILES string of the molecule is CCOCCCNCc1cc(Cl)cc(Cl)c1OC(C)C. The first-order valence-electron chi connectivity index (χ1n) is 6.97. The molecule has 1 aromatic rings.